The van der Waals surface area contributed by atoms with Crippen LogP contribution >= 0.6 is 0 Å². The maximum atomic E-state index is 15.1. The second-order valence-corrected chi connectivity index (χ2v) is 10.6. The van der Waals surface area contributed by atoms with Crippen molar-refractivity contribution in [2.75, 3.05) is 0 Å². The van der Waals surface area contributed by atoms with Gasteiger partial charge in [0, 0.05) is 11.1 Å². The van der Waals surface area contributed by atoms with Crippen molar-refractivity contribution in [3.63, 3.8) is 0 Å². The van der Waals surface area contributed by atoms with Crippen LogP contribution in [0.25, 0.3) is 23.3 Å². The topological polar surface area (TPSA) is 0 Å². The summed E-state index contributed by atoms with van der Waals surface area (Å²) in [6.45, 7) is 4.36. The second kappa shape index (κ2) is 13.1. The molecule has 0 amide bonds. The Morgan fingerprint density at radius 3 is 2.19 bits per heavy atom. The molecule has 0 nitrogen and oxygen atoms in total. The highest BCUT2D eigenvalue weighted by Gasteiger charge is 2.26. The third kappa shape index (κ3) is 6.94. The maximum Gasteiger partial charge on any atom is 0.166 e. The van der Waals surface area contributed by atoms with E-state index in [2.05, 4.69) is 13.8 Å². The highest BCUT2D eigenvalue weighted by molar-refractivity contribution is 5.72. The molecule has 0 aliphatic heterocycles. The van der Waals surface area contributed by atoms with Crippen LogP contribution in [0.5, 0.6) is 0 Å². The van der Waals surface area contributed by atoms with Crippen molar-refractivity contribution in [2.24, 2.45) is 5.92 Å². The molecule has 0 N–H and O–H groups in total. The molecule has 1 fully saturated rings. The third-order valence-electron chi connectivity index (χ3n) is 7.91. The molecule has 0 saturated heterocycles. The number of halogens is 3. The first kappa shape index (κ1) is 27.2. The number of rotatable bonds is 10. The molecule has 0 atom stereocenters. The van der Waals surface area contributed by atoms with E-state index in [1.807, 2.05) is 30.3 Å². The Balaban J connectivity index is 1.43. The predicted octanol–water partition coefficient (Wildman–Crippen LogP) is 10.7. The monoisotopic (exact) mass is 504 g/mol. The minimum absolute atomic E-state index is 0.106. The first-order valence-corrected chi connectivity index (χ1v) is 14.0. The van der Waals surface area contributed by atoms with Crippen LogP contribution in [0, 0.1) is 23.4 Å². The summed E-state index contributed by atoms with van der Waals surface area (Å²) < 4.78 is 44.7. The van der Waals surface area contributed by atoms with Crippen molar-refractivity contribution in [1.29, 1.82) is 0 Å². The van der Waals surface area contributed by atoms with Crippen LogP contribution < -0.4 is 0 Å². The van der Waals surface area contributed by atoms with E-state index in [1.54, 1.807) is 36.4 Å². The zero-order valence-corrected chi connectivity index (χ0v) is 22.2. The normalized spacial score (nSPS) is 18.0. The van der Waals surface area contributed by atoms with Crippen LogP contribution in [-0.4, -0.2) is 0 Å². The van der Waals surface area contributed by atoms with Gasteiger partial charge < -0.3 is 0 Å². The van der Waals surface area contributed by atoms with Crippen molar-refractivity contribution in [3.05, 3.63) is 94.3 Å². The van der Waals surface area contributed by atoms with Gasteiger partial charge in [-0.1, -0.05) is 100 Å². The van der Waals surface area contributed by atoms with E-state index in [1.165, 1.54) is 12.8 Å². The Bertz CT molecular complexity index is 1180. The van der Waals surface area contributed by atoms with E-state index in [0.29, 0.717) is 16.7 Å². The Kier molecular flexibility index (Phi) is 9.66. The van der Waals surface area contributed by atoms with Crippen molar-refractivity contribution in [1.82, 2.24) is 0 Å². The van der Waals surface area contributed by atoms with Gasteiger partial charge in [-0.25, -0.2) is 13.2 Å². The summed E-state index contributed by atoms with van der Waals surface area (Å²) in [4.78, 5) is 0. The van der Waals surface area contributed by atoms with Crippen LogP contribution in [0.2, 0.25) is 0 Å². The molecule has 3 aromatic carbocycles. The van der Waals surface area contributed by atoms with Crippen LogP contribution in [0.1, 0.15) is 99.8 Å². The molecule has 1 saturated carbocycles. The third-order valence-corrected chi connectivity index (χ3v) is 7.91. The van der Waals surface area contributed by atoms with Gasteiger partial charge in [-0.05, 0) is 78.7 Å². The fourth-order valence-corrected chi connectivity index (χ4v) is 5.67. The number of unbranched alkanes of at least 4 members (excludes halogenated alkanes) is 2. The van der Waals surface area contributed by atoms with Gasteiger partial charge >= 0.3 is 0 Å². The molecule has 3 aromatic rings. The Labute approximate surface area is 220 Å². The van der Waals surface area contributed by atoms with Gasteiger partial charge in [0.2, 0.25) is 0 Å². The van der Waals surface area contributed by atoms with Gasteiger partial charge in [-0.3, -0.25) is 0 Å². The van der Waals surface area contributed by atoms with Crippen LogP contribution in [0.15, 0.2) is 54.6 Å². The minimum Gasteiger partial charge on any atom is -0.206 e. The van der Waals surface area contributed by atoms with Crippen LogP contribution in [0.4, 0.5) is 13.2 Å². The molecule has 1 aliphatic carbocycles. The summed E-state index contributed by atoms with van der Waals surface area (Å²) in [5.74, 6) is -0.854. The number of hydrogen-bond acceptors (Lipinski definition) is 0. The summed E-state index contributed by atoms with van der Waals surface area (Å²) in [6, 6.07) is 16.2. The SMILES string of the molecule is CCCCCc1ccc(C=Cc2ccc(-c3ccc(C4CCC(CCC)CC4)c(F)c3F)cc2)c(F)c1. The molecular weight excluding hydrogens is 465 g/mol. The predicted molar refractivity (Wildman–Crippen MR) is 150 cm³/mol. The fraction of sp³-hybridized carbons (Fsp3) is 0.412. The largest absolute Gasteiger partial charge is 0.206 e. The lowest BCUT2D eigenvalue weighted by atomic mass is 9.77. The first-order valence-electron chi connectivity index (χ1n) is 14.0. The minimum atomic E-state index is -0.766. The molecule has 0 radical (unpaired) electrons. The molecular formula is C34H39F3. The molecule has 37 heavy (non-hydrogen) atoms. The molecule has 1 aliphatic rings. The molecule has 0 aromatic heterocycles. The van der Waals surface area contributed by atoms with Gasteiger partial charge in [0.15, 0.2) is 11.6 Å². The quantitative estimate of drug-likeness (QED) is 0.190. The number of hydrogen-bond donors (Lipinski definition) is 0. The average molecular weight is 505 g/mol. The molecule has 0 bridgehead atoms. The van der Waals surface area contributed by atoms with Gasteiger partial charge in [0.25, 0.3) is 0 Å². The zero-order valence-electron chi connectivity index (χ0n) is 22.2. The fourth-order valence-electron chi connectivity index (χ4n) is 5.67. The molecule has 4 rings (SSSR count). The maximum absolute atomic E-state index is 15.1. The summed E-state index contributed by atoms with van der Waals surface area (Å²) in [5.41, 5.74) is 3.87. The Hall–Kier alpha value is -2.81. The van der Waals surface area contributed by atoms with Crippen LogP contribution in [0.3, 0.4) is 0 Å². The van der Waals surface area contributed by atoms with Crippen molar-refractivity contribution in [2.45, 2.75) is 84.0 Å². The zero-order chi connectivity index (χ0) is 26.2. The van der Waals surface area contributed by atoms with E-state index in [4.69, 9.17) is 0 Å². The summed E-state index contributed by atoms with van der Waals surface area (Å²) in [6.07, 6.45) is 14.4. The Morgan fingerprint density at radius 1 is 0.757 bits per heavy atom. The van der Waals surface area contributed by atoms with E-state index < -0.39 is 11.6 Å². The first-order chi connectivity index (χ1) is 18.0. The van der Waals surface area contributed by atoms with Crippen molar-refractivity contribution < 1.29 is 13.2 Å². The number of benzene rings is 3. The van der Waals surface area contributed by atoms with Gasteiger partial charge in [0.05, 0.1) is 0 Å². The molecule has 0 unspecified atom stereocenters. The van der Waals surface area contributed by atoms with Gasteiger partial charge in [-0.2, -0.15) is 0 Å². The van der Waals surface area contributed by atoms with Gasteiger partial charge in [0.1, 0.15) is 5.82 Å². The summed E-state index contributed by atoms with van der Waals surface area (Å²) >= 11 is 0. The summed E-state index contributed by atoms with van der Waals surface area (Å²) in [5, 5.41) is 0. The van der Waals surface area contributed by atoms with E-state index in [0.717, 1.165) is 68.4 Å². The van der Waals surface area contributed by atoms with E-state index in [9.17, 15) is 4.39 Å². The number of aryl methyl sites for hydroxylation is 1. The average Bonchev–Trinajstić information content (AvgIpc) is 2.91. The Morgan fingerprint density at radius 2 is 1.51 bits per heavy atom. The highest BCUT2D eigenvalue weighted by atomic mass is 19.2. The smallest absolute Gasteiger partial charge is 0.166 e. The lowest BCUT2D eigenvalue weighted by Gasteiger charge is -2.29. The van der Waals surface area contributed by atoms with Crippen molar-refractivity contribution >= 4 is 12.2 Å². The molecule has 196 valence electrons. The van der Waals surface area contributed by atoms with Crippen LogP contribution in [-0.2, 0) is 6.42 Å². The molecule has 3 heteroatoms. The molecule has 0 spiro atoms. The second-order valence-electron chi connectivity index (χ2n) is 10.6. The van der Waals surface area contributed by atoms with Crippen molar-refractivity contribution in [3.8, 4) is 11.1 Å². The van der Waals surface area contributed by atoms with Gasteiger partial charge in [-0.15, -0.1) is 0 Å². The lowest BCUT2D eigenvalue weighted by molar-refractivity contribution is 0.303. The standard InChI is InChI=1S/C34H39F3/c1-3-5-6-8-26-14-20-29(32(35)23-26)19-13-25-11-17-28(18-12-25)31-22-21-30(33(36)34(31)37)27-15-9-24(7-4-2)10-16-27/h11-14,17-24,27H,3-10,15-16H2,1-2H3. The van der Waals surface area contributed by atoms with E-state index in [-0.39, 0.29) is 17.3 Å². The van der Waals surface area contributed by atoms with E-state index >= 15 is 8.78 Å². The highest BCUT2D eigenvalue weighted by Crippen LogP contribution is 2.40. The molecule has 0 heterocycles. The summed E-state index contributed by atoms with van der Waals surface area (Å²) in [7, 11) is 0. The lowest BCUT2D eigenvalue weighted by Crippen LogP contribution is -2.14.